The third-order valence-electron chi connectivity index (χ3n) is 4.17. The molecule has 1 saturated heterocycles. The van der Waals surface area contributed by atoms with Crippen LogP contribution >= 0.6 is 11.3 Å². The Kier molecular flexibility index (Phi) is 5.36. The topological polar surface area (TPSA) is 66.6 Å². The second-order valence-electron chi connectivity index (χ2n) is 5.75. The van der Waals surface area contributed by atoms with Crippen molar-refractivity contribution in [3.63, 3.8) is 0 Å². The van der Waals surface area contributed by atoms with Crippen LogP contribution in [-0.4, -0.2) is 47.8 Å². The van der Waals surface area contributed by atoms with Gasteiger partial charge in [0.25, 0.3) is 0 Å². The number of nitrogens with two attached hydrogens (primary N) is 1. The lowest BCUT2D eigenvalue weighted by Gasteiger charge is -2.35. The molecule has 1 fully saturated rings. The van der Waals surface area contributed by atoms with Crippen molar-refractivity contribution in [3.05, 3.63) is 22.4 Å². The zero-order valence-electron chi connectivity index (χ0n) is 12.6. The first-order valence-electron chi connectivity index (χ1n) is 7.28. The van der Waals surface area contributed by atoms with Gasteiger partial charge >= 0.3 is 0 Å². The Labute approximate surface area is 129 Å². The minimum absolute atomic E-state index is 0.0821. The molecule has 0 bridgehead atoms. The lowest BCUT2D eigenvalue weighted by atomic mass is 9.97. The van der Waals surface area contributed by atoms with Crippen molar-refractivity contribution >= 4 is 23.2 Å². The van der Waals surface area contributed by atoms with E-state index >= 15 is 0 Å². The van der Waals surface area contributed by atoms with Crippen molar-refractivity contribution in [2.24, 2.45) is 11.7 Å². The normalized spacial score (nSPS) is 20.5. The first-order chi connectivity index (χ1) is 9.99. The second-order valence-corrected chi connectivity index (χ2v) is 6.53. The Bertz CT molecular complexity index is 489. The molecule has 1 aromatic heterocycles. The number of hydrogen-bond donors (Lipinski definition) is 1. The first-order valence-corrected chi connectivity index (χ1v) is 8.22. The van der Waals surface area contributed by atoms with Gasteiger partial charge in [0.2, 0.25) is 11.8 Å². The molecule has 2 unspecified atom stereocenters. The number of amides is 2. The van der Waals surface area contributed by atoms with Crippen molar-refractivity contribution in [2.45, 2.75) is 32.4 Å². The van der Waals surface area contributed by atoms with E-state index in [2.05, 4.69) is 11.4 Å². The number of piperidine rings is 1. The Morgan fingerprint density at radius 3 is 2.95 bits per heavy atom. The molecule has 1 aliphatic heterocycles. The molecule has 0 saturated carbocycles. The molecule has 2 atom stereocenters. The van der Waals surface area contributed by atoms with Gasteiger partial charge in [-0.3, -0.25) is 14.5 Å². The van der Waals surface area contributed by atoms with Gasteiger partial charge < -0.3 is 10.6 Å². The van der Waals surface area contributed by atoms with E-state index in [0.717, 1.165) is 25.9 Å². The second kappa shape index (κ2) is 7.04. The number of thiophene rings is 1. The predicted molar refractivity (Wildman–Crippen MR) is 83.7 cm³/mol. The number of primary amides is 1. The van der Waals surface area contributed by atoms with E-state index in [4.69, 9.17) is 5.73 Å². The SMILES string of the molecule is CC(C(=O)N1CCCC(C(N)=O)C1)N(C)Cc1ccsc1. The Hall–Kier alpha value is -1.40. The van der Waals surface area contributed by atoms with Crippen molar-refractivity contribution in [1.82, 2.24) is 9.80 Å². The van der Waals surface area contributed by atoms with Crippen molar-refractivity contribution in [2.75, 3.05) is 20.1 Å². The van der Waals surface area contributed by atoms with E-state index in [1.165, 1.54) is 5.56 Å². The molecule has 1 aromatic rings. The Morgan fingerprint density at radius 1 is 1.57 bits per heavy atom. The molecule has 0 radical (unpaired) electrons. The van der Waals surface area contributed by atoms with Gasteiger partial charge in [-0.2, -0.15) is 11.3 Å². The highest BCUT2D eigenvalue weighted by atomic mass is 32.1. The quantitative estimate of drug-likeness (QED) is 0.891. The van der Waals surface area contributed by atoms with Crippen LogP contribution in [0.3, 0.4) is 0 Å². The lowest BCUT2D eigenvalue weighted by Crippen LogP contribution is -2.50. The lowest BCUT2D eigenvalue weighted by molar-refractivity contribution is -0.139. The Morgan fingerprint density at radius 2 is 2.33 bits per heavy atom. The molecule has 0 aromatic carbocycles. The summed E-state index contributed by atoms with van der Waals surface area (Å²) in [4.78, 5) is 27.7. The van der Waals surface area contributed by atoms with Crippen LogP contribution in [0.2, 0.25) is 0 Å². The number of carbonyl (C=O) groups excluding carboxylic acids is 2. The van der Waals surface area contributed by atoms with Crippen LogP contribution in [0.25, 0.3) is 0 Å². The standard InChI is InChI=1S/C15H23N3O2S/c1-11(17(2)8-12-5-7-21-10-12)15(20)18-6-3-4-13(9-18)14(16)19/h5,7,10-11,13H,3-4,6,8-9H2,1-2H3,(H2,16,19). The highest BCUT2D eigenvalue weighted by molar-refractivity contribution is 7.07. The van der Waals surface area contributed by atoms with E-state index < -0.39 is 0 Å². The number of likely N-dealkylation sites (tertiary alicyclic amines) is 1. The molecule has 2 rings (SSSR count). The summed E-state index contributed by atoms with van der Waals surface area (Å²) in [7, 11) is 1.95. The molecule has 1 aliphatic rings. The van der Waals surface area contributed by atoms with Crippen LogP contribution in [0.5, 0.6) is 0 Å². The highest BCUT2D eigenvalue weighted by Gasteiger charge is 2.30. The third kappa shape index (κ3) is 4.04. The van der Waals surface area contributed by atoms with Crippen LogP contribution in [0.15, 0.2) is 16.8 Å². The average Bonchev–Trinajstić information content (AvgIpc) is 2.98. The monoisotopic (exact) mass is 309 g/mol. The van der Waals surface area contributed by atoms with E-state index in [1.807, 2.05) is 24.3 Å². The molecule has 5 nitrogen and oxygen atoms in total. The molecule has 2 N–H and O–H groups in total. The van der Waals surface area contributed by atoms with Crippen molar-refractivity contribution < 1.29 is 9.59 Å². The Balaban J connectivity index is 1.93. The summed E-state index contributed by atoms with van der Waals surface area (Å²) in [6.45, 7) is 3.86. The zero-order valence-corrected chi connectivity index (χ0v) is 13.4. The van der Waals surface area contributed by atoms with Crippen LogP contribution in [0, 0.1) is 5.92 Å². The molecular weight excluding hydrogens is 286 g/mol. The number of likely N-dealkylation sites (N-methyl/N-ethyl adjacent to an activating group) is 1. The largest absolute Gasteiger partial charge is 0.369 e. The maximum atomic E-state index is 12.6. The number of rotatable bonds is 5. The summed E-state index contributed by atoms with van der Waals surface area (Å²) in [5.41, 5.74) is 6.59. The van der Waals surface area contributed by atoms with Gasteiger partial charge in [-0.05, 0) is 49.2 Å². The number of hydrogen-bond acceptors (Lipinski definition) is 4. The maximum absolute atomic E-state index is 12.6. The van der Waals surface area contributed by atoms with Crippen LogP contribution < -0.4 is 5.73 Å². The summed E-state index contributed by atoms with van der Waals surface area (Å²) in [6.07, 6.45) is 1.64. The molecule has 2 heterocycles. The molecule has 6 heteroatoms. The fraction of sp³-hybridized carbons (Fsp3) is 0.600. The molecule has 0 spiro atoms. The van der Waals surface area contributed by atoms with E-state index in [9.17, 15) is 9.59 Å². The minimum Gasteiger partial charge on any atom is -0.369 e. The summed E-state index contributed by atoms with van der Waals surface area (Å²) < 4.78 is 0. The smallest absolute Gasteiger partial charge is 0.239 e. The third-order valence-corrected chi connectivity index (χ3v) is 4.90. The summed E-state index contributed by atoms with van der Waals surface area (Å²) in [6, 6.07) is 1.87. The molecule has 0 aliphatic carbocycles. The van der Waals surface area contributed by atoms with Crippen LogP contribution in [-0.2, 0) is 16.1 Å². The summed E-state index contributed by atoms with van der Waals surface area (Å²) in [5.74, 6) is -0.414. The van der Waals surface area contributed by atoms with Crippen LogP contribution in [0.1, 0.15) is 25.3 Å². The van der Waals surface area contributed by atoms with E-state index in [0.29, 0.717) is 6.54 Å². The molecular formula is C15H23N3O2S. The van der Waals surface area contributed by atoms with Crippen molar-refractivity contribution in [1.29, 1.82) is 0 Å². The maximum Gasteiger partial charge on any atom is 0.239 e. The van der Waals surface area contributed by atoms with E-state index in [1.54, 1.807) is 16.2 Å². The predicted octanol–water partition coefficient (Wildman–Crippen LogP) is 1.29. The number of nitrogens with zero attached hydrogens (tertiary/aromatic N) is 2. The average molecular weight is 309 g/mol. The van der Waals surface area contributed by atoms with Gasteiger partial charge in [0, 0.05) is 19.6 Å². The van der Waals surface area contributed by atoms with Gasteiger partial charge in [0.15, 0.2) is 0 Å². The summed E-state index contributed by atoms with van der Waals surface area (Å²) in [5, 5.41) is 4.13. The molecule has 116 valence electrons. The fourth-order valence-corrected chi connectivity index (χ4v) is 3.33. The summed E-state index contributed by atoms with van der Waals surface area (Å²) >= 11 is 1.66. The van der Waals surface area contributed by atoms with Crippen molar-refractivity contribution in [3.8, 4) is 0 Å². The first kappa shape index (κ1) is 16.0. The fourth-order valence-electron chi connectivity index (χ4n) is 2.67. The van der Waals surface area contributed by atoms with Crippen LogP contribution in [0.4, 0.5) is 0 Å². The zero-order chi connectivity index (χ0) is 15.4. The van der Waals surface area contributed by atoms with Gasteiger partial charge in [-0.25, -0.2) is 0 Å². The van der Waals surface area contributed by atoms with Gasteiger partial charge in [0.05, 0.1) is 12.0 Å². The highest BCUT2D eigenvalue weighted by Crippen LogP contribution is 2.18. The van der Waals surface area contributed by atoms with Gasteiger partial charge in [-0.15, -0.1) is 0 Å². The van der Waals surface area contributed by atoms with Gasteiger partial charge in [0.1, 0.15) is 0 Å². The van der Waals surface area contributed by atoms with E-state index in [-0.39, 0.29) is 23.8 Å². The number of carbonyl (C=O) groups is 2. The van der Waals surface area contributed by atoms with Gasteiger partial charge in [-0.1, -0.05) is 0 Å². The minimum atomic E-state index is -0.299. The molecule has 2 amide bonds. The molecule has 21 heavy (non-hydrogen) atoms.